The number of carboxylic acid groups (broad SMARTS) is 1. The second-order valence-corrected chi connectivity index (χ2v) is 7.40. The van der Waals surface area contributed by atoms with Crippen LogP contribution in [-0.4, -0.2) is 24.5 Å². The topological polar surface area (TPSA) is 84.3 Å². The Kier molecular flexibility index (Phi) is 4.65. The van der Waals surface area contributed by atoms with E-state index in [4.69, 9.17) is 16.7 Å². The first-order valence-electron chi connectivity index (χ1n) is 5.65. The van der Waals surface area contributed by atoms with Gasteiger partial charge in [0.2, 0.25) is 0 Å². The average Bonchev–Trinajstić information content (AvgIpc) is 2.41. The molecule has 0 atom stereocenters. The maximum absolute atomic E-state index is 12.4. The fourth-order valence-corrected chi connectivity index (χ4v) is 4.42. The third kappa shape index (κ3) is 3.61. The summed E-state index contributed by atoms with van der Waals surface area (Å²) in [6.07, 6.45) is 2.80. The number of pyridine rings is 1. The van der Waals surface area contributed by atoms with E-state index in [-0.39, 0.29) is 21.2 Å². The van der Waals surface area contributed by atoms with Crippen molar-refractivity contribution >= 4 is 43.3 Å². The number of halogens is 2. The van der Waals surface area contributed by atoms with Crippen LogP contribution < -0.4 is 0 Å². The molecule has 0 amide bonds. The lowest BCUT2D eigenvalue weighted by molar-refractivity contribution is 0.0696. The van der Waals surface area contributed by atoms with Crippen molar-refractivity contribution in [3.8, 4) is 0 Å². The summed E-state index contributed by atoms with van der Waals surface area (Å²) < 4.78 is 25.2. The highest BCUT2D eigenvalue weighted by Gasteiger charge is 2.21. The minimum Gasteiger partial charge on any atom is -0.478 e. The third-order valence-corrected chi connectivity index (χ3v) is 5.71. The maximum atomic E-state index is 12.4. The van der Waals surface area contributed by atoms with Gasteiger partial charge in [-0.25, -0.2) is 13.2 Å². The van der Waals surface area contributed by atoms with Crippen LogP contribution >= 0.6 is 27.5 Å². The Hall–Kier alpha value is -1.44. The summed E-state index contributed by atoms with van der Waals surface area (Å²) in [4.78, 5) is 14.7. The number of carbonyl (C=O) groups is 1. The number of aromatic carboxylic acids is 1. The van der Waals surface area contributed by atoms with Crippen molar-refractivity contribution in [1.82, 2.24) is 4.98 Å². The molecule has 1 N–H and O–H groups in total. The van der Waals surface area contributed by atoms with Gasteiger partial charge in [0.15, 0.2) is 9.84 Å². The Balaban J connectivity index is 2.47. The number of hydrogen-bond donors (Lipinski definition) is 1. The van der Waals surface area contributed by atoms with Crippen LogP contribution in [0, 0.1) is 0 Å². The molecule has 0 unspecified atom stereocenters. The molecule has 1 heterocycles. The first-order chi connectivity index (χ1) is 9.81. The van der Waals surface area contributed by atoms with E-state index in [1.54, 1.807) is 0 Å². The van der Waals surface area contributed by atoms with Crippen molar-refractivity contribution in [3.63, 3.8) is 0 Å². The van der Waals surface area contributed by atoms with Crippen LogP contribution in [0.1, 0.15) is 15.9 Å². The largest absolute Gasteiger partial charge is 0.478 e. The van der Waals surface area contributed by atoms with Crippen molar-refractivity contribution in [3.05, 3.63) is 57.3 Å². The van der Waals surface area contributed by atoms with Crippen LogP contribution in [0.3, 0.4) is 0 Å². The number of benzene rings is 1. The third-order valence-electron chi connectivity index (χ3n) is 2.72. The minimum atomic E-state index is -3.74. The first kappa shape index (κ1) is 15.9. The summed E-state index contributed by atoms with van der Waals surface area (Å²) in [6, 6.07) is 5.35. The summed E-state index contributed by atoms with van der Waals surface area (Å²) in [7, 11) is -3.74. The van der Waals surface area contributed by atoms with Crippen molar-refractivity contribution in [2.24, 2.45) is 0 Å². The van der Waals surface area contributed by atoms with Gasteiger partial charge in [0.1, 0.15) is 0 Å². The van der Waals surface area contributed by atoms with Gasteiger partial charge in [-0.2, -0.15) is 0 Å². The van der Waals surface area contributed by atoms with Gasteiger partial charge in [0, 0.05) is 16.9 Å². The standard InChI is InChI=1S/C13H9BrClNO4S/c14-10-2-1-8(13(17)18)5-12(10)21(19,20)7-9-3-4-16-6-11(9)15/h1-6H,7H2,(H,17,18). The molecule has 5 nitrogen and oxygen atoms in total. The van der Waals surface area contributed by atoms with Crippen LogP contribution in [0.4, 0.5) is 0 Å². The highest BCUT2D eigenvalue weighted by Crippen LogP contribution is 2.28. The molecule has 0 spiro atoms. The molecule has 1 aromatic heterocycles. The molecule has 1 aromatic carbocycles. The Labute approximate surface area is 134 Å². The Bertz CT molecular complexity index is 808. The van der Waals surface area contributed by atoms with Gasteiger partial charge >= 0.3 is 5.97 Å². The Morgan fingerprint density at radius 1 is 1.33 bits per heavy atom. The summed E-state index contributed by atoms with van der Waals surface area (Å²) in [5, 5.41) is 9.20. The van der Waals surface area contributed by atoms with Gasteiger partial charge in [-0.1, -0.05) is 11.6 Å². The van der Waals surface area contributed by atoms with Crippen LogP contribution in [-0.2, 0) is 15.6 Å². The average molecular weight is 391 g/mol. The highest BCUT2D eigenvalue weighted by molar-refractivity contribution is 9.10. The molecule has 2 aromatic rings. The fourth-order valence-electron chi connectivity index (χ4n) is 1.68. The van der Waals surface area contributed by atoms with Gasteiger partial charge < -0.3 is 5.11 Å². The Morgan fingerprint density at radius 2 is 2.05 bits per heavy atom. The zero-order valence-electron chi connectivity index (χ0n) is 10.5. The predicted octanol–water partition coefficient (Wildman–Crippen LogP) is 3.17. The fraction of sp³-hybridized carbons (Fsp3) is 0.0769. The molecular formula is C13H9BrClNO4S. The smallest absolute Gasteiger partial charge is 0.335 e. The van der Waals surface area contributed by atoms with Gasteiger partial charge in [-0.3, -0.25) is 4.98 Å². The van der Waals surface area contributed by atoms with Crippen molar-refractivity contribution in [2.45, 2.75) is 10.6 Å². The van der Waals surface area contributed by atoms with E-state index >= 15 is 0 Å². The number of hydrogen-bond acceptors (Lipinski definition) is 4. The van der Waals surface area contributed by atoms with Gasteiger partial charge in [-0.05, 0) is 45.8 Å². The van der Waals surface area contributed by atoms with E-state index < -0.39 is 15.8 Å². The number of carboxylic acids is 1. The molecule has 0 saturated heterocycles. The molecule has 8 heteroatoms. The van der Waals surface area contributed by atoms with E-state index in [0.717, 1.165) is 6.07 Å². The maximum Gasteiger partial charge on any atom is 0.335 e. The molecule has 2 rings (SSSR count). The monoisotopic (exact) mass is 389 g/mol. The summed E-state index contributed by atoms with van der Waals surface area (Å²) in [6.45, 7) is 0. The van der Waals surface area contributed by atoms with Crippen molar-refractivity contribution in [2.75, 3.05) is 0 Å². The molecular weight excluding hydrogens is 382 g/mol. The van der Waals surface area contributed by atoms with E-state index in [1.807, 2.05) is 0 Å². The zero-order chi connectivity index (χ0) is 15.6. The predicted molar refractivity (Wildman–Crippen MR) is 81.2 cm³/mol. The number of nitrogens with zero attached hydrogens (tertiary/aromatic N) is 1. The number of aromatic nitrogens is 1. The molecule has 0 aliphatic heterocycles. The van der Waals surface area contributed by atoms with E-state index in [0.29, 0.717) is 10.0 Å². The van der Waals surface area contributed by atoms with Gasteiger partial charge in [-0.15, -0.1) is 0 Å². The van der Waals surface area contributed by atoms with E-state index in [1.165, 1.54) is 30.6 Å². The lowest BCUT2D eigenvalue weighted by Crippen LogP contribution is -2.08. The number of rotatable bonds is 4. The normalized spacial score (nSPS) is 11.3. The summed E-state index contributed by atoms with van der Waals surface area (Å²) >= 11 is 9.04. The van der Waals surface area contributed by atoms with Crippen LogP contribution in [0.5, 0.6) is 0 Å². The highest BCUT2D eigenvalue weighted by atomic mass is 79.9. The molecule has 0 aliphatic rings. The summed E-state index contributed by atoms with van der Waals surface area (Å²) in [5.74, 6) is -1.53. The van der Waals surface area contributed by atoms with Crippen LogP contribution in [0.2, 0.25) is 5.02 Å². The number of sulfone groups is 1. The minimum absolute atomic E-state index is 0.0877. The Morgan fingerprint density at radius 3 is 2.67 bits per heavy atom. The first-order valence-corrected chi connectivity index (χ1v) is 8.47. The molecule has 0 fully saturated rings. The molecule has 0 radical (unpaired) electrons. The molecule has 21 heavy (non-hydrogen) atoms. The van der Waals surface area contributed by atoms with Crippen molar-refractivity contribution < 1.29 is 18.3 Å². The van der Waals surface area contributed by atoms with Crippen molar-refractivity contribution in [1.29, 1.82) is 0 Å². The molecule has 110 valence electrons. The molecule has 0 bridgehead atoms. The molecule has 0 saturated carbocycles. The second kappa shape index (κ2) is 6.13. The quantitative estimate of drug-likeness (QED) is 0.867. The van der Waals surface area contributed by atoms with Gasteiger partial charge in [0.05, 0.1) is 21.2 Å². The van der Waals surface area contributed by atoms with E-state index in [9.17, 15) is 13.2 Å². The summed E-state index contributed by atoms with van der Waals surface area (Å²) in [5.41, 5.74) is 0.303. The molecule has 0 aliphatic carbocycles. The lowest BCUT2D eigenvalue weighted by atomic mass is 10.2. The lowest BCUT2D eigenvalue weighted by Gasteiger charge is -2.09. The zero-order valence-corrected chi connectivity index (χ0v) is 13.6. The van der Waals surface area contributed by atoms with Crippen LogP contribution in [0.25, 0.3) is 0 Å². The SMILES string of the molecule is O=C(O)c1ccc(Br)c(S(=O)(=O)Cc2ccncc2Cl)c1. The van der Waals surface area contributed by atoms with E-state index in [2.05, 4.69) is 20.9 Å². The van der Waals surface area contributed by atoms with Gasteiger partial charge in [0.25, 0.3) is 0 Å². The second-order valence-electron chi connectivity index (χ2n) is 4.18. The van der Waals surface area contributed by atoms with Crippen LogP contribution in [0.15, 0.2) is 46.0 Å².